The van der Waals surface area contributed by atoms with Gasteiger partial charge in [-0.05, 0) is 30.4 Å². The number of carbonyl (C=O) groups excluding carboxylic acids is 1. The monoisotopic (exact) mass is 337 g/mol. The molecule has 1 saturated carbocycles. The van der Waals surface area contributed by atoms with Crippen LogP contribution in [0, 0.1) is 23.5 Å². The second-order valence-electron chi connectivity index (χ2n) is 5.33. The van der Waals surface area contributed by atoms with Crippen LogP contribution >= 0.6 is 10.7 Å². The number of benzene rings is 1. The van der Waals surface area contributed by atoms with Crippen LogP contribution in [0.25, 0.3) is 0 Å². The third-order valence-corrected chi connectivity index (χ3v) is 5.00. The molecule has 0 spiro atoms. The molecule has 0 bridgehead atoms. The number of nitrogens with zero attached hydrogens (tertiary/aromatic N) is 1. The highest BCUT2D eigenvalue weighted by Gasteiger charge is 2.35. The fraction of sp³-hybridized carbons (Fsp3) is 0.462. The maximum atomic E-state index is 14.1. The van der Waals surface area contributed by atoms with Crippen molar-refractivity contribution in [3.63, 3.8) is 0 Å². The van der Waals surface area contributed by atoms with Gasteiger partial charge in [0.1, 0.15) is 16.3 Å². The minimum absolute atomic E-state index is 0.310. The number of rotatable bonds is 4. The number of carbonyl (C=O) groups is 1. The fourth-order valence-electron chi connectivity index (χ4n) is 2.20. The van der Waals surface area contributed by atoms with Gasteiger partial charge in [-0.15, -0.1) is 0 Å². The van der Waals surface area contributed by atoms with Crippen molar-refractivity contribution in [1.82, 2.24) is 4.90 Å². The van der Waals surface area contributed by atoms with Gasteiger partial charge in [-0.25, -0.2) is 17.2 Å². The van der Waals surface area contributed by atoms with Gasteiger partial charge in [0.05, 0.1) is 0 Å². The maximum Gasteiger partial charge on any atom is 0.264 e. The van der Waals surface area contributed by atoms with Gasteiger partial charge in [0.15, 0.2) is 5.82 Å². The van der Waals surface area contributed by atoms with Crippen LogP contribution in [0.5, 0.6) is 0 Å². The smallest absolute Gasteiger partial charge is 0.264 e. The number of hydrogen-bond acceptors (Lipinski definition) is 3. The Balaban J connectivity index is 2.36. The number of hydrogen-bond donors (Lipinski definition) is 0. The molecule has 8 heteroatoms. The quantitative estimate of drug-likeness (QED) is 0.794. The highest BCUT2D eigenvalue weighted by molar-refractivity contribution is 8.13. The summed E-state index contributed by atoms with van der Waals surface area (Å²) in [6.07, 6.45) is 0.957. The molecule has 1 aliphatic carbocycles. The molecule has 0 aliphatic heterocycles. The van der Waals surface area contributed by atoms with E-state index in [4.69, 9.17) is 10.7 Å². The summed E-state index contributed by atoms with van der Waals surface area (Å²) >= 11 is 0. The van der Waals surface area contributed by atoms with Crippen LogP contribution < -0.4 is 0 Å². The molecule has 1 aromatic carbocycles. The van der Waals surface area contributed by atoms with Gasteiger partial charge in [-0.1, -0.05) is 6.92 Å². The normalized spacial score (nSPS) is 21.2. The van der Waals surface area contributed by atoms with Crippen molar-refractivity contribution in [3.8, 4) is 0 Å². The summed E-state index contributed by atoms with van der Waals surface area (Å²) in [6.45, 7) is 2.39. The first-order chi connectivity index (χ1) is 9.62. The first-order valence-electron chi connectivity index (χ1n) is 6.31. The van der Waals surface area contributed by atoms with Gasteiger partial charge in [-0.3, -0.25) is 4.79 Å². The Morgan fingerprint density at radius 2 is 2.00 bits per heavy atom. The Morgan fingerprint density at radius 1 is 1.43 bits per heavy atom. The lowest BCUT2D eigenvalue weighted by molar-refractivity contribution is 0.0776. The molecule has 0 radical (unpaired) electrons. The van der Waals surface area contributed by atoms with Crippen molar-refractivity contribution in [2.24, 2.45) is 11.8 Å². The largest absolute Gasteiger partial charge is 0.341 e. The zero-order valence-corrected chi connectivity index (χ0v) is 13.0. The first kappa shape index (κ1) is 16.2. The molecule has 116 valence electrons. The van der Waals surface area contributed by atoms with E-state index in [1.165, 1.54) is 11.9 Å². The van der Waals surface area contributed by atoms with E-state index in [0.717, 1.165) is 12.5 Å². The highest BCUT2D eigenvalue weighted by Crippen LogP contribution is 2.38. The van der Waals surface area contributed by atoms with Crippen molar-refractivity contribution in [2.75, 3.05) is 13.6 Å². The predicted octanol–water partition coefficient (Wildman–Crippen LogP) is 2.62. The average Bonchev–Trinajstić information content (AvgIpc) is 3.02. The summed E-state index contributed by atoms with van der Waals surface area (Å²) in [4.78, 5) is 12.4. The summed E-state index contributed by atoms with van der Waals surface area (Å²) in [5.41, 5.74) is -0.896. The summed E-state index contributed by atoms with van der Waals surface area (Å²) in [5, 5.41) is 0. The molecule has 2 rings (SSSR count). The Hall–Kier alpha value is -1.21. The summed E-state index contributed by atoms with van der Waals surface area (Å²) in [7, 11) is 2.10. The average molecular weight is 338 g/mol. The van der Waals surface area contributed by atoms with Crippen LogP contribution in [0.2, 0.25) is 0 Å². The minimum atomic E-state index is -4.39. The molecule has 21 heavy (non-hydrogen) atoms. The van der Waals surface area contributed by atoms with E-state index in [9.17, 15) is 22.0 Å². The van der Waals surface area contributed by atoms with Gasteiger partial charge in [0.25, 0.3) is 15.0 Å². The molecule has 0 aromatic heterocycles. The van der Waals surface area contributed by atoms with Gasteiger partial charge in [-0.2, -0.15) is 0 Å². The highest BCUT2D eigenvalue weighted by atomic mass is 35.7. The van der Waals surface area contributed by atoms with Crippen LogP contribution in [0.1, 0.15) is 23.7 Å². The fourth-order valence-corrected chi connectivity index (χ4v) is 3.10. The van der Waals surface area contributed by atoms with E-state index in [1.807, 2.05) is 6.92 Å². The van der Waals surface area contributed by atoms with E-state index in [0.29, 0.717) is 24.4 Å². The van der Waals surface area contributed by atoms with Crippen LogP contribution in [0.3, 0.4) is 0 Å². The van der Waals surface area contributed by atoms with Crippen LogP contribution in [-0.2, 0) is 9.05 Å². The Bertz CT molecular complexity index is 693. The molecule has 1 aliphatic rings. The molecule has 2 unspecified atom stereocenters. The summed E-state index contributed by atoms with van der Waals surface area (Å²) in [5.74, 6) is -2.68. The van der Waals surface area contributed by atoms with E-state index < -0.39 is 37.1 Å². The molecular formula is C13H14ClF2NO3S. The number of halogens is 3. The lowest BCUT2D eigenvalue weighted by Crippen LogP contribution is -2.31. The van der Waals surface area contributed by atoms with Gasteiger partial charge < -0.3 is 4.90 Å². The molecule has 4 nitrogen and oxygen atoms in total. The van der Waals surface area contributed by atoms with Crippen molar-refractivity contribution in [2.45, 2.75) is 18.2 Å². The molecule has 2 atom stereocenters. The zero-order valence-electron chi connectivity index (χ0n) is 11.4. The predicted molar refractivity (Wildman–Crippen MR) is 73.6 cm³/mol. The molecule has 0 heterocycles. The zero-order chi connectivity index (χ0) is 15.9. The van der Waals surface area contributed by atoms with Gasteiger partial charge in [0.2, 0.25) is 0 Å². The Kier molecular flexibility index (Phi) is 4.26. The van der Waals surface area contributed by atoms with Crippen molar-refractivity contribution in [3.05, 3.63) is 29.3 Å². The van der Waals surface area contributed by atoms with Crippen molar-refractivity contribution < 1.29 is 22.0 Å². The molecular weight excluding hydrogens is 324 g/mol. The van der Waals surface area contributed by atoms with E-state index in [2.05, 4.69) is 0 Å². The van der Waals surface area contributed by atoms with Crippen LogP contribution in [0.15, 0.2) is 17.0 Å². The maximum absolute atomic E-state index is 14.1. The second kappa shape index (κ2) is 5.53. The standard InChI is InChI=1S/C13H14ClF2NO3S/c1-7-5-8(7)6-17(2)13(18)11-9(15)3-4-10(12(11)16)21(14,19)20/h3-4,7-8H,5-6H2,1-2H3. The summed E-state index contributed by atoms with van der Waals surface area (Å²) < 4.78 is 50.3. The van der Waals surface area contributed by atoms with Crippen molar-refractivity contribution >= 4 is 25.6 Å². The van der Waals surface area contributed by atoms with Gasteiger partial charge >= 0.3 is 0 Å². The third-order valence-electron chi connectivity index (χ3n) is 3.66. The topological polar surface area (TPSA) is 54.5 Å². The molecule has 1 aromatic rings. The lowest BCUT2D eigenvalue weighted by atomic mass is 10.1. The van der Waals surface area contributed by atoms with E-state index >= 15 is 0 Å². The van der Waals surface area contributed by atoms with Crippen LogP contribution in [-0.4, -0.2) is 32.8 Å². The first-order valence-corrected chi connectivity index (χ1v) is 8.62. The minimum Gasteiger partial charge on any atom is -0.341 e. The van der Waals surface area contributed by atoms with E-state index in [-0.39, 0.29) is 0 Å². The second-order valence-corrected chi connectivity index (χ2v) is 7.87. The Labute approximate surface area is 126 Å². The third kappa shape index (κ3) is 3.35. The van der Waals surface area contributed by atoms with E-state index in [1.54, 1.807) is 0 Å². The van der Waals surface area contributed by atoms with Crippen molar-refractivity contribution in [1.29, 1.82) is 0 Å². The molecule has 1 fully saturated rings. The van der Waals surface area contributed by atoms with Gasteiger partial charge in [0, 0.05) is 24.3 Å². The SMILES string of the molecule is CC1CC1CN(C)C(=O)c1c(F)ccc(S(=O)(=O)Cl)c1F. The van der Waals surface area contributed by atoms with Crippen LogP contribution in [0.4, 0.5) is 8.78 Å². The molecule has 0 saturated heterocycles. The molecule has 0 N–H and O–H groups in total. The molecule has 1 amide bonds. The summed E-state index contributed by atoms with van der Waals surface area (Å²) in [6, 6.07) is 1.42. The lowest BCUT2D eigenvalue weighted by Gasteiger charge is -2.18. The Morgan fingerprint density at radius 3 is 2.48 bits per heavy atom. The number of amides is 1.